The molecule has 2 aromatic rings. The fraction of sp³-hybridized carbons (Fsp3) is 0.474. The number of nitrogens with one attached hydrogen (secondary N) is 2. The number of piperidine rings is 1. The fourth-order valence-corrected chi connectivity index (χ4v) is 3.51. The first-order valence-corrected chi connectivity index (χ1v) is 9.16. The third-order valence-corrected chi connectivity index (χ3v) is 5.33. The van der Waals surface area contributed by atoms with E-state index in [1.807, 2.05) is 6.07 Å². The minimum atomic E-state index is -0.758. The molecule has 7 heteroatoms. The number of aromatic nitrogens is 2. The highest BCUT2D eigenvalue weighted by atomic mass is 19.1. The molecule has 0 unspecified atom stereocenters. The molecule has 1 amide bonds. The SMILES string of the molecule is O=C(Nc1ccc(OC2CCC2)c(F)c1)C1(n2cccn2)CCNCC1. The van der Waals surface area contributed by atoms with Crippen LogP contribution in [0.1, 0.15) is 32.1 Å². The molecule has 4 rings (SSSR count). The fourth-order valence-electron chi connectivity index (χ4n) is 3.51. The molecule has 0 radical (unpaired) electrons. The number of amides is 1. The van der Waals surface area contributed by atoms with Crippen LogP contribution in [-0.2, 0) is 10.3 Å². The summed E-state index contributed by atoms with van der Waals surface area (Å²) < 4.78 is 21.7. The molecule has 1 saturated carbocycles. The van der Waals surface area contributed by atoms with Crippen LogP contribution in [0.15, 0.2) is 36.7 Å². The monoisotopic (exact) mass is 358 g/mol. The van der Waals surface area contributed by atoms with Crippen LogP contribution in [0.2, 0.25) is 0 Å². The summed E-state index contributed by atoms with van der Waals surface area (Å²) in [5.74, 6) is -0.376. The molecule has 0 spiro atoms. The highest BCUT2D eigenvalue weighted by Gasteiger charge is 2.42. The molecule has 2 heterocycles. The number of carbonyl (C=O) groups excluding carboxylic acids is 1. The summed E-state index contributed by atoms with van der Waals surface area (Å²) in [6.45, 7) is 1.46. The van der Waals surface area contributed by atoms with E-state index in [-0.39, 0.29) is 17.8 Å². The number of ether oxygens (including phenoxy) is 1. The number of carbonyl (C=O) groups is 1. The van der Waals surface area contributed by atoms with E-state index in [2.05, 4.69) is 15.7 Å². The Morgan fingerprint density at radius 1 is 1.35 bits per heavy atom. The van der Waals surface area contributed by atoms with Gasteiger partial charge in [0, 0.05) is 24.1 Å². The van der Waals surface area contributed by atoms with Crippen molar-refractivity contribution >= 4 is 11.6 Å². The number of nitrogens with zero attached hydrogens (tertiary/aromatic N) is 2. The Bertz CT molecular complexity index is 768. The number of halogens is 1. The maximum atomic E-state index is 14.3. The summed E-state index contributed by atoms with van der Waals surface area (Å²) in [6, 6.07) is 6.41. The van der Waals surface area contributed by atoms with E-state index < -0.39 is 11.4 Å². The van der Waals surface area contributed by atoms with Gasteiger partial charge in [-0.3, -0.25) is 9.48 Å². The molecule has 2 fully saturated rings. The maximum absolute atomic E-state index is 14.3. The summed E-state index contributed by atoms with van der Waals surface area (Å²) in [5.41, 5.74) is -0.328. The second kappa shape index (κ2) is 7.07. The number of hydrogen-bond acceptors (Lipinski definition) is 4. The minimum Gasteiger partial charge on any atom is -0.487 e. The average Bonchev–Trinajstić information content (AvgIpc) is 3.15. The molecule has 2 N–H and O–H groups in total. The lowest BCUT2D eigenvalue weighted by molar-refractivity contribution is -0.126. The van der Waals surface area contributed by atoms with Crippen molar-refractivity contribution in [3.8, 4) is 5.75 Å². The highest BCUT2D eigenvalue weighted by Crippen LogP contribution is 2.31. The Kier molecular flexibility index (Phi) is 4.63. The summed E-state index contributed by atoms with van der Waals surface area (Å²) in [7, 11) is 0. The van der Waals surface area contributed by atoms with Crippen LogP contribution in [0, 0.1) is 5.82 Å². The first-order valence-electron chi connectivity index (χ1n) is 9.16. The van der Waals surface area contributed by atoms with Crippen LogP contribution in [0.25, 0.3) is 0 Å². The van der Waals surface area contributed by atoms with Crippen molar-refractivity contribution in [1.82, 2.24) is 15.1 Å². The Morgan fingerprint density at radius 3 is 2.77 bits per heavy atom. The van der Waals surface area contributed by atoms with Crippen molar-refractivity contribution in [3.05, 3.63) is 42.5 Å². The van der Waals surface area contributed by atoms with Gasteiger partial charge in [-0.2, -0.15) is 5.10 Å². The molecule has 1 saturated heterocycles. The van der Waals surface area contributed by atoms with Gasteiger partial charge in [0.1, 0.15) is 5.54 Å². The van der Waals surface area contributed by atoms with E-state index in [4.69, 9.17) is 4.74 Å². The van der Waals surface area contributed by atoms with Crippen LogP contribution >= 0.6 is 0 Å². The summed E-state index contributed by atoms with van der Waals surface area (Å²) >= 11 is 0. The van der Waals surface area contributed by atoms with Gasteiger partial charge < -0.3 is 15.4 Å². The molecule has 2 aliphatic rings. The lowest BCUT2D eigenvalue weighted by Crippen LogP contribution is -2.52. The molecule has 1 aromatic carbocycles. The lowest BCUT2D eigenvalue weighted by Gasteiger charge is -2.36. The number of rotatable bonds is 5. The second-order valence-corrected chi connectivity index (χ2v) is 7.00. The van der Waals surface area contributed by atoms with Gasteiger partial charge in [-0.05, 0) is 63.4 Å². The minimum absolute atomic E-state index is 0.114. The van der Waals surface area contributed by atoms with Gasteiger partial charge in [0.2, 0.25) is 0 Å². The van der Waals surface area contributed by atoms with Gasteiger partial charge in [0.05, 0.1) is 6.10 Å². The Labute approximate surface area is 151 Å². The Hall–Kier alpha value is -2.41. The van der Waals surface area contributed by atoms with Crippen LogP contribution in [0.3, 0.4) is 0 Å². The van der Waals surface area contributed by atoms with Crippen LogP contribution in [0.5, 0.6) is 5.75 Å². The number of anilines is 1. The standard InChI is InChI=1S/C19H23FN4O2/c20-16-13-14(5-6-17(16)26-15-3-1-4-15)23-18(25)19(7-10-21-11-8-19)24-12-2-9-22-24/h2,5-6,9,12-13,15,21H,1,3-4,7-8,10-11H2,(H,23,25). The molecule has 138 valence electrons. The topological polar surface area (TPSA) is 68.2 Å². The van der Waals surface area contributed by atoms with Gasteiger partial charge in [-0.25, -0.2) is 4.39 Å². The Morgan fingerprint density at radius 2 is 2.15 bits per heavy atom. The quantitative estimate of drug-likeness (QED) is 0.862. The molecule has 0 atom stereocenters. The van der Waals surface area contributed by atoms with Crippen LogP contribution < -0.4 is 15.4 Å². The van der Waals surface area contributed by atoms with E-state index in [0.29, 0.717) is 18.5 Å². The van der Waals surface area contributed by atoms with E-state index in [1.165, 1.54) is 6.07 Å². The average molecular weight is 358 g/mol. The predicted molar refractivity (Wildman–Crippen MR) is 95.6 cm³/mol. The summed E-state index contributed by atoms with van der Waals surface area (Å²) in [6.07, 6.45) is 7.92. The molecular weight excluding hydrogens is 335 g/mol. The van der Waals surface area contributed by atoms with Crippen LogP contribution in [-0.4, -0.2) is 34.9 Å². The maximum Gasteiger partial charge on any atom is 0.252 e. The molecule has 26 heavy (non-hydrogen) atoms. The van der Waals surface area contributed by atoms with Gasteiger partial charge in [0.25, 0.3) is 5.91 Å². The van der Waals surface area contributed by atoms with Gasteiger partial charge in [-0.1, -0.05) is 0 Å². The largest absolute Gasteiger partial charge is 0.487 e. The van der Waals surface area contributed by atoms with Crippen molar-refractivity contribution in [2.24, 2.45) is 0 Å². The Balaban J connectivity index is 1.51. The van der Waals surface area contributed by atoms with Crippen molar-refractivity contribution in [1.29, 1.82) is 0 Å². The van der Waals surface area contributed by atoms with Crippen molar-refractivity contribution in [2.75, 3.05) is 18.4 Å². The summed E-state index contributed by atoms with van der Waals surface area (Å²) in [5, 5.41) is 10.4. The van der Waals surface area contributed by atoms with Gasteiger partial charge in [-0.15, -0.1) is 0 Å². The molecule has 1 aliphatic heterocycles. The zero-order chi connectivity index (χ0) is 18.0. The predicted octanol–water partition coefficient (Wildman–Crippen LogP) is 2.67. The van der Waals surface area contributed by atoms with Crippen molar-refractivity contribution < 1.29 is 13.9 Å². The lowest BCUT2D eigenvalue weighted by atomic mass is 9.87. The van der Waals surface area contributed by atoms with Crippen molar-refractivity contribution in [2.45, 2.75) is 43.7 Å². The van der Waals surface area contributed by atoms with E-state index >= 15 is 0 Å². The zero-order valence-electron chi connectivity index (χ0n) is 14.6. The van der Waals surface area contributed by atoms with Gasteiger partial charge in [0.15, 0.2) is 11.6 Å². The van der Waals surface area contributed by atoms with Crippen LogP contribution in [0.4, 0.5) is 10.1 Å². The molecule has 6 nitrogen and oxygen atoms in total. The smallest absolute Gasteiger partial charge is 0.252 e. The first kappa shape index (κ1) is 17.0. The highest BCUT2D eigenvalue weighted by molar-refractivity contribution is 5.96. The van der Waals surface area contributed by atoms with Crippen molar-refractivity contribution in [3.63, 3.8) is 0 Å². The normalized spacial score (nSPS) is 19.6. The van der Waals surface area contributed by atoms with E-state index in [1.54, 1.807) is 29.2 Å². The van der Waals surface area contributed by atoms with E-state index in [0.717, 1.165) is 32.4 Å². The molecular formula is C19H23FN4O2. The number of benzene rings is 1. The third-order valence-electron chi connectivity index (χ3n) is 5.33. The molecule has 0 bridgehead atoms. The van der Waals surface area contributed by atoms with Gasteiger partial charge >= 0.3 is 0 Å². The summed E-state index contributed by atoms with van der Waals surface area (Å²) in [4.78, 5) is 13.1. The second-order valence-electron chi connectivity index (χ2n) is 7.00. The zero-order valence-corrected chi connectivity index (χ0v) is 14.6. The first-order chi connectivity index (χ1) is 12.7. The third kappa shape index (κ3) is 3.19. The number of hydrogen-bond donors (Lipinski definition) is 2. The van der Waals surface area contributed by atoms with E-state index in [9.17, 15) is 9.18 Å². The molecule has 1 aromatic heterocycles. The molecule has 1 aliphatic carbocycles.